The molecule has 0 bridgehead atoms. The van der Waals surface area contributed by atoms with E-state index >= 15 is 0 Å². The molecule has 0 fully saturated rings. The lowest BCUT2D eigenvalue weighted by Gasteiger charge is -2.49. The van der Waals surface area contributed by atoms with Gasteiger partial charge in [0, 0.05) is 12.0 Å². The van der Waals surface area contributed by atoms with Crippen LogP contribution in [0.25, 0.3) is 0 Å². The van der Waals surface area contributed by atoms with Crippen LogP contribution >= 0.6 is 0 Å². The summed E-state index contributed by atoms with van der Waals surface area (Å²) in [4.78, 5) is 0. The van der Waals surface area contributed by atoms with Crippen molar-refractivity contribution in [3.63, 3.8) is 0 Å². The maximum atomic E-state index is 5.85. The molecule has 3 unspecified atom stereocenters. The highest BCUT2D eigenvalue weighted by atomic mass is 28.2. The molecule has 1 nitrogen and oxygen atoms in total. The molecule has 0 radical (unpaired) electrons. The third-order valence-electron chi connectivity index (χ3n) is 5.31. The summed E-state index contributed by atoms with van der Waals surface area (Å²) < 4.78 is 5.85. The Morgan fingerprint density at radius 3 is 1.32 bits per heavy atom. The Morgan fingerprint density at radius 1 is 0.789 bits per heavy atom. The second kappa shape index (κ2) is 9.98. The quantitative estimate of drug-likeness (QED) is 0.505. The van der Waals surface area contributed by atoms with E-state index in [4.69, 9.17) is 4.43 Å². The molecule has 3 atom stereocenters. The lowest BCUT2D eigenvalue weighted by atomic mass is 9.58. The van der Waals surface area contributed by atoms with E-state index in [0.29, 0.717) is 5.41 Å². The highest BCUT2D eigenvalue weighted by molar-refractivity contribution is 5.97. The summed E-state index contributed by atoms with van der Waals surface area (Å²) in [5, 5.41) is 0. The Bertz CT molecular complexity index is 186. The molecule has 0 aliphatic carbocycles. The SMILES string of the molecule is CCCC(C)C(CO[SiH3])(C(C)CCC)C(C)CCC. The van der Waals surface area contributed by atoms with Gasteiger partial charge in [-0.15, -0.1) is 0 Å². The van der Waals surface area contributed by atoms with Crippen molar-refractivity contribution in [2.45, 2.75) is 80.1 Å². The Kier molecular flexibility index (Phi) is 10.1. The van der Waals surface area contributed by atoms with E-state index in [1.807, 2.05) is 0 Å². The minimum atomic E-state index is 0.393. The molecule has 116 valence electrons. The molecule has 0 aliphatic rings. The first-order valence-corrected chi connectivity index (χ1v) is 9.31. The van der Waals surface area contributed by atoms with Gasteiger partial charge in [-0.2, -0.15) is 0 Å². The fourth-order valence-electron chi connectivity index (χ4n) is 4.24. The lowest BCUT2D eigenvalue weighted by Crippen LogP contribution is -2.45. The van der Waals surface area contributed by atoms with Crippen molar-refractivity contribution in [1.82, 2.24) is 0 Å². The fraction of sp³-hybridized carbons (Fsp3) is 1.00. The Hall–Kier alpha value is 0.177. The van der Waals surface area contributed by atoms with Gasteiger partial charge < -0.3 is 4.43 Å². The van der Waals surface area contributed by atoms with Crippen LogP contribution in [0.5, 0.6) is 0 Å². The third kappa shape index (κ3) is 4.89. The molecule has 0 aromatic rings. The molecule has 2 heteroatoms. The van der Waals surface area contributed by atoms with Crippen molar-refractivity contribution in [3.05, 3.63) is 0 Å². The zero-order valence-corrected chi connectivity index (χ0v) is 16.6. The predicted octanol–water partition coefficient (Wildman–Crippen LogP) is 4.58. The zero-order chi connectivity index (χ0) is 14.9. The summed E-state index contributed by atoms with van der Waals surface area (Å²) >= 11 is 0. The standard InChI is InChI=1S/C17H38OSi/c1-7-10-14(4)17(13-18-19,15(5)11-8-2)16(6)12-9-3/h14-16H,7-13H2,1-6,19H3. The maximum absolute atomic E-state index is 5.85. The topological polar surface area (TPSA) is 9.23 Å². The Morgan fingerprint density at radius 2 is 1.11 bits per heavy atom. The third-order valence-corrected chi connectivity index (χ3v) is 5.60. The summed E-state index contributed by atoms with van der Waals surface area (Å²) in [5.41, 5.74) is 0.393. The van der Waals surface area contributed by atoms with Crippen molar-refractivity contribution in [2.75, 3.05) is 6.61 Å². The van der Waals surface area contributed by atoms with Gasteiger partial charge in [0.05, 0.1) is 0 Å². The number of hydrogen-bond donors (Lipinski definition) is 0. The molecule has 0 heterocycles. The molecule has 0 N–H and O–H groups in total. The van der Waals surface area contributed by atoms with Crippen LogP contribution in [0.1, 0.15) is 80.1 Å². The van der Waals surface area contributed by atoms with Crippen LogP contribution in [0.3, 0.4) is 0 Å². The molecule has 0 saturated heterocycles. The first kappa shape index (κ1) is 19.2. The van der Waals surface area contributed by atoms with Gasteiger partial charge in [-0.25, -0.2) is 0 Å². The van der Waals surface area contributed by atoms with Gasteiger partial charge in [0.1, 0.15) is 10.5 Å². The van der Waals surface area contributed by atoms with E-state index in [1.165, 1.54) is 38.5 Å². The molecule has 0 rings (SSSR count). The smallest absolute Gasteiger partial charge is 0.145 e. The van der Waals surface area contributed by atoms with Crippen molar-refractivity contribution < 1.29 is 4.43 Å². The van der Waals surface area contributed by atoms with E-state index < -0.39 is 0 Å². The van der Waals surface area contributed by atoms with E-state index in [2.05, 4.69) is 41.5 Å². The Labute approximate surface area is 125 Å². The summed E-state index contributed by atoms with van der Waals surface area (Å²) in [6.45, 7) is 15.4. The van der Waals surface area contributed by atoms with E-state index in [0.717, 1.165) is 34.8 Å². The van der Waals surface area contributed by atoms with Crippen molar-refractivity contribution in [1.29, 1.82) is 0 Å². The molecule has 0 saturated carbocycles. The van der Waals surface area contributed by atoms with Crippen LogP contribution in [0.4, 0.5) is 0 Å². The van der Waals surface area contributed by atoms with Crippen molar-refractivity contribution >= 4 is 10.5 Å². The van der Waals surface area contributed by atoms with Crippen LogP contribution in [-0.4, -0.2) is 17.1 Å². The molecule has 0 aromatic heterocycles. The first-order valence-electron chi connectivity index (χ1n) is 8.49. The highest BCUT2D eigenvalue weighted by Crippen LogP contribution is 2.48. The summed E-state index contributed by atoms with van der Waals surface area (Å²) in [5.74, 6) is 2.32. The average molecular weight is 287 g/mol. The van der Waals surface area contributed by atoms with Crippen LogP contribution in [0, 0.1) is 23.2 Å². The van der Waals surface area contributed by atoms with Crippen LogP contribution < -0.4 is 0 Å². The largest absolute Gasteiger partial charge is 0.427 e. The van der Waals surface area contributed by atoms with Gasteiger partial charge >= 0.3 is 0 Å². The van der Waals surface area contributed by atoms with Crippen molar-refractivity contribution in [2.24, 2.45) is 23.2 Å². The van der Waals surface area contributed by atoms with E-state index in [9.17, 15) is 0 Å². The molecule has 19 heavy (non-hydrogen) atoms. The van der Waals surface area contributed by atoms with Gasteiger partial charge in [-0.05, 0) is 17.8 Å². The molecule has 0 spiro atoms. The molecule has 0 aliphatic heterocycles. The summed E-state index contributed by atoms with van der Waals surface area (Å²) in [6, 6.07) is 0. The highest BCUT2D eigenvalue weighted by Gasteiger charge is 2.44. The summed E-state index contributed by atoms with van der Waals surface area (Å²) in [6.07, 6.45) is 7.90. The molecule has 0 aromatic carbocycles. The second-order valence-electron chi connectivity index (χ2n) is 6.61. The van der Waals surface area contributed by atoms with Gasteiger partial charge in [-0.3, -0.25) is 0 Å². The fourth-order valence-corrected chi connectivity index (χ4v) is 4.74. The number of rotatable bonds is 11. The number of hydrogen-bond acceptors (Lipinski definition) is 1. The van der Waals surface area contributed by atoms with E-state index in [-0.39, 0.29) is 0 Å². The minimum Gasteiger partial charge on any atom is -0.427 e. The monoisotopic (exact) mass is 286 g/mol. The van der Waals surface area contributed by atoms with Crippen molar-refractivity contribution in [3.8, 4) is 0 Å². The average Bonchev–Trinajstić information content (AvgIpc) is 2.36. The Balaban J connectivity index is 5.30. The maximum Gasteiger partial charge on any atom is 0.145 e. The first-order chi connectivity index (χ1) is 9.00. The van der Waals surface area contributed by atoms with E-state index in [1.54, 1.807) is 0 Å². The van der Waals surface area contributed by atoms with Gasteiger partial charge in [0.2, 0.25) is 0 Å². The lowest BCUT2D eigenvalue weighted by molar-refractivity contribution is -0.0320. The normalized spacial score (nSPS) is 19.9. The van der Waals surface area contributed by atoms with Gasteiger partial charge in [0.25, 0.3) is 0 Å². The van der Waals surface area contributed by atoms with Crippen LogP contribution in [-0.2, 0) is 4.43 Å². The molecular formula is C17H38OSi. The second-order valence-corrected chi connectivity index (χ2v) is 7.19. The van der Waals surface area contributed by atoms with Gasteiger partial charge in [0.15, 0.2) is 0 Å². The zero-order valence-electron chi connectivity index (χ0n) is 14.6. The van der Waals surface area contributed by atoms with Crippen LogP contribution in [0.15, 0.2) is 0 Å². The van der Waals surface area contributed by atoms with Crippen LogP contribution in [0.2, 0.25) is 0 Å². The molecule has 0 amide bonds. The van der Waals surface area contributed by atoms with Gasteiger partial charge in [-0.1, -0.05) is 80.1 Å². The molecular weight excluding hydrogens is 248 g/mol. The predicted molar refractivity (Wildman–Crippen MR) is 90.5 cm³/mol. The summed E-state index contributed by atoms with van der Waals surface area (Å²) in [7, 11) is 0.869. The minimum absolute atomic E-state index is 0.393.